The first-order valence-electron chi connectivity index (χ1n) is 7.88. The van der Waals surface area contributed by atoms with Gasteiger partial charge in [-0.15, -0.1) is 4.36 Å². The lowest BCUT2D eigenvalue weighted by Gasteiger charge is -2.08. The number of hydrogen-bond donors (Lipinski definition) is 1. The van der Waals surface area contributed by atoms with Crippen molar-refractivity contribution in [1.29, 1.82) is 0 Å². The molecular formula is C18H14Cl3N3O3S. The van der Waals surface area contributed by atoms with Gasteiger partial charge in [-0.05, 0) is 43.3 Å². The molecular weight excluding hydrogens is 445 g/mol. The summed E-state index contributed by atoms with van der Waals surface area (Å²) in [6.07, 6.45) is 1.36. The van der Waals surface area contributed by atoms with Crippen LogP contribution in [0, 0.1) is 6.92 Å². The van der Waals surface area contributed by atoms with E-state index in [1.165, 1.54) is 6.26 Å². The fourth-order valence-corrected chi connectivity index (χ4v) is 4.25. The topological polar surface area (TPSA) is 84.6 Å². The molecule has 10 heteroatoms. The minimum atomic E-state index is -2.98. The zero-order valence-electron chi connectivity index (χ0n) is 14.7. The van der Waals surface area contributed by atoms with E-state index in [0.29, 0.717) is 31.3 Å². The van der Waals surface area contributed by atoms with Gasteiger partial charge in [0, 0.05) is 21.7 Å². The Morgan fingerprint density at radius 3 is 2.32 bits per heavy atom. The number of anilines is 1. The molecule has 2 aromatic carbocycles. The Balaban J connectivity index is 1.97. The van der Waals surface area contributed by atoms with Gasteiger partial charge in [-0.2, -0.15) is 0 Å². The van der Waals surface area contributed by atoms with Crippen LogP contribution in [-0.4, -0.2) is 21.7 Å². The summed E-state index contributed by atoms with van der Waals surface area (Å²) in [6, 6.07) is 10.4. The van der Waals surface area contributed by atoms with Crippen molar-refractivity contribution >= 4 is 56.3 Å². The van der Waals surface area contributed by atoms with Crippen LogP contribution >= 0.6 is 34.8 Å². The number of carbonyl (C=O) groups excluding carboxylic acids is 1. The van der Waals surface area contributed by atoms with Crippen LogP contribution < -0.4 is 5.32 Å². The molecule has 0 aliphatic rings. The van der Waals surface area contributed by atoms with Crippen LogP contribution in [0.4, 0.5) is 10.5 Å². The van der Waals surface area contributed by atoms with Crippen LogP contribution in [0.1, 0.15) is 5.76 Å². The SMILES string of the molecule is Cc1onc(-c2c(Cl)cccc2Cl)c1NC(=O)N=[S@](C)(=O)c1ccc(Cl)cc1. The van der Waals surface area contributed by atoms with Gasteiger partial charge in [0.1, 0.15) is 11.4 Å². The maximum absolute atomic E-state index is 12.8. The molecule has 0 unspecified atom stereocenters. The lowest BCUT2D eigenvalue weighted by atomic mass is 10.1. The van der Waals surface area contributed by atoms with Crippen molar-refractivity contribution in [2.75, 3.05) is 11.6 Å². The molecule has 0 spiro atoms. The van der Waals surface area contributed by atoms with Crippen molar-refractivity contribution in [1.82, 2.24) is 5.16 Å². The summed E-state index contributed by atoms with van der Waals surface area (Å²) in [5, 5.41) is 7.68. The maximum atomic E-state index is 12.8. The van der Waals surface area contributed by atoms with Crippen molar-refractivity contribution in [2.45, 2.75) is 11.8 Å². The van der Waals surface area contributed by atoms with Gasteiger partial charge in [0.05, 0.1) is 19.8 Å². The molecule has 3 aromatic rings. The Bertz CT molecular complexity index is 1150. The zero-order chi connectivity index (χ0) is 20.5. The second-order valence-corrected chi connectivity index (χ2v) is 9.35. The average Bonchev–Trinajstić information content (AvgIpc) is 2.95. The third-order valence-electron chi connectivity index (χ3n) is 3.80. The standard InChI is InChI=1S/C18H14Cl3N3O3S/c1-10-16(17(23-27-10)15-13(20)4-3-5-14(15)21)22-18(25)24-28(2,26)12-8-6-11(19)7-9-12/h3-9H,1-2H3,(H,22,25)/t28-/m1/s1. The van der Waals surface area contributed by atoms with E-state index in [0.717, 1.165) is 0 Å². The van der Waals surface area contributed by atoms with E-state index in [1.807, 2.05) is 0 Å². The van der Waals surface area contributed by atoms with Crippen LogP contribution in [0.2, 0.25) is 15.1 Å². The Hall–Kier alpha value is -2.06. The van der Waals surface area contributed by atoms with Gasteiger partial charge in [-0.25, -0.2) is 9.00 Å². The van der Waals surface area contributed by atoms with Gasteiger partial charge >= 0.3 is 6.03 Å². The van der Waals surface area contributed by atoms with Crippen molar-refractivity contribution in [3.63, 3.8) is 0 Å². The first-order chi connectivity index (χ1) is 13.2. The molecule has 1 atom stereocenters. The number of aromatic nitrogens is 1. The second kappa shape index (κ2) is 8.13. The highest BCUT2D eigenvalue weighted by Gasteiger charge is 2.22. The van der Waals surface area contributed by atoms with Crippen LogP contribution in [0.15, 0.2) is 56.2 Å². The van der Waals surface area contributed by atoms with E-state index < -0.39 is 15.8 Å². The number of benzene rings is 2. The minimum absolute atomic E-state index is 0.245. The lowest BCUT2D eigenvalue weighted by molar-refractivity contribution is 0.260. The summed E-state index contributed by atoms with van der Waals surface area (Å²) in [4.78, 5) is 12.8. The van der Waals surface area contributed by atoms with Crippen molar-refractivity contribution in [2.24, 2.45) is 4.36 Å². The summed E-state index contributed by atoms with van der Waals surface area (Å²) < 4.78 is 21.8. The van der Waals surface area contributed by atoms with Crippen molar-refractivity contribution in [3.05, 3.63) is 63.3 Å². The number of urea groups is 1. The Morgan fingerprint density at radius 1 is 1.11 bits per heavy atom. The fraction of sp³-hybridized carbons (Fsp3) is 0.111. The second-order valence-electron chi connectivity index (χ2n) is 5.84. The van der Waals surface area contributed by atoms with Gasteiger partial charge in [0.2, 0.25) is 0 Å². The molecule has 146 valence electrons. The van der Waals surface area contributed by atoms with Gasteiger partial charge in [-0.3, -0.25) is 0 Å². The fourth-order valence-electron chi connectivity index (χ4n) is 2.44. The molecule has 3 rings (SSSR count). The summed E-state index contributed by atoms with van der Waals surface area (Å²) in [7, 11) is -2.98. The van der Waals surface area contributed by atoms with Crippen LogP contribution in [0.5, 0.6) is 0 Å². The molecule has 2 amide bonds. The molecule has 0 saturated carbocycles. The first kappa shape index (κ1) is 20.7. The van der Waals surface area contributed by atoms with Gasteiger partial charge in [0.25, 0.3) is 0 Å². The average molecular weight is 459 g/mol. The monoisotopic (exact) mass is 457 g/mol. The highest BCUT2D eigenvalue weighted by Crippen LogP contribution is 2.39. The third-order valence-corrected chi connectivity index (χ3v) is 6.35. The zero-order valence-corrected chi connectivity index (χ0v) is 17.8. The summed E-state index contributed by atoms with van der Waals surface area (Å²) >= 11 is 18.3. The minimum Gasteiger partial charge on any atom is -0.359 e. The molecule has 0 aliphatic heterocycles. The number of halogens is 3. The van der Waals surface area contributed by atoms with Crippen LogP contribution in [0.3, 0.4) is 0 Å². The number of amides is 2. The number of hydrogen-bond acceptors (Lipinski definition) is 4. The van der Waals surface area contributed by atoms with Crippen molar-refractivity contribution < 1.29 is 13.5 Å². The Labute approximate surface area is 177 Å². The van der Waals surface area contributed by atoms with E-state index in [9.17, 15) is 9.00 Å². The molecule has 1 aromatic heterocycles. The highest BCUT2D eigenvalue weighted by molar-refractivity contribution is 7.93. The quantitative estimate of drug-likeness (QED) is 0.499. The normalized spacial score (nSPS) is 13.0. The molecule has 6 nitrogen and oxygen atoms in total. The van der Waals surface area contributed by atoms with Gasteiger partial charge in [0.15, 0.2) is 5.76 Å². The Kier molecular flexibility index (Phi) is 6.00. The van der Waals surface area contributed by atoms with E-state index >= 15 is 0 Å². The first-order valence-corrected chi connectivity index (χ1v) is 10.9. The predicted octanol–water partition coefficient (Wildman–Crippen LogP) is 6.30. The molecule has 0 bridgehead atoms. The lowest BCUT2D eigenvalue weighted by Crippen LogP contribution is -2.11. The van der Waals surface area contributed by atoms with Gasteiger partial charge < -0.3 is 9.84 Å². The smallest absolute Gasteiger partial charge is 0.354 e. The Morgan fingerprint density at radius 2 is 1.71 bits per heavy atom. The summed E-state index contributed by atoms with van der Waals surface area (Å²) in [6.45, 7) is 1.61. The molecule has 1 N–H and O–H groups in total. The molecule has 1 heterocycles. The van der Waals surface area contributed by atoms with Crippen LogP contribution in [0.25, 0.3) is 11.3 Å². The molecule has 0 radical (unpaired) electrons. The highest BCUT2D eigenvalue weighted by atomic mass is 35.5. The van der Waals surface area contributed by atoms with Gasteiger partial charge in [-0.1, -0.05) is 46.0 Å². The largest absolute Gasteiger partial charge is 0.359 e. The third kappa shape index (κ3) is 4.33. The number of aryl methyl sites for hydroxylation is 1. The van der Waals surface area contributed by atoms with Crippen LogP contribution in [-0.2, 0) is 9.73 Å². The molecule has 28 heavy (non-hydrogen) atoms. The van der Waals surface area contributed by atoms with E-state index in [1.54, 1.807) is 49.4 Å². The molecule has 0 saturated heterocycles. The van der Waals surface area contributed by atoms with E-state index in [2.05, 4.69) is 14.8 Å². The number of nitrogens with zero attached hydrogens (tertiary/aromatic N) is 2. The number of carbonyl (C=O) groups is 1. The summed E-state index contributed by atoms with van der Waals surface area (Å²) in [5.41, 5.74) is 0.911. The maximum Gasteiger partial charge on any atom is 0.354 e. The van der Waals surface area contributed by atoms with E-state index in [4.69, 9.17) is 39.3 Å². The number of nitrogens with one attached hydrogen (secondary N) is 1. The predicted molar refractivity (Wildman–Crippen MR) is 112 cm³/mol. The van der Waals surface area contributed by atoms with Crippen molar-refractivity contribution in [3.8, 4) is 11.3 Å². The number of rotatable bonds is 3. The van der Waals surface area contributed by atoms with E-state index in [-0.39, 0.29) is 11.4 Å². The summed E-state index contributed by atoms with van der Waals surface area (Å²) in [5.74, 6) is 0.323. The molecule has 0 fully saturated rings. The molecule has 0 aliphatic carbocycles.